The number of hydrogen-bond acceptors (Lipinski definition) is 5. The Morgan fingerprint density at radius 3 is 2.59 bits per heavy atom. The molecule has 0 fully saturated rings. The molecule has 3 rings (SSSR count). The van der Waals surface area contributed by atoms with Crippen molar-refractivity contribution in [3.8, 4) is 0 Å². The zero-order chi connectivity index (χ0) is 15.7. The summed E-state index contributed by atoms with van der Waals surface area (Å²) in [6, 6.07) is 5.25. The van der Waals surface area contributed by atoms with Gasteiger partial charge in [-0.05, 0) is 17.5 Å². The third-order valence-electron chi connectivity index (χ3n) is 3.01. The van der Waals surface area contributed by atoms with Crippen LogP contribution in [0, 0.1) is 0 Å². The molecule has 0 atom stereocenters. The van der Waals surface area contributed by atoms with E-state index in [1.165, 1.54) is 30.7 Å². The van der Waals surface area contributed by atoms with Gasteiger partial charge >= 0.3 is 6.18 Å². The highest BCUT2D eigenvalue weighted by Gasteiger charge is 2.32. The van der Waals surface area contributed by atoms with Gasteiger partial charge in [-0.1, -0.05) is 12.1 Å². The van der Waals surface area contributed by atoms with Gasteiger partial charge in [0.05, 0.1) is 18.0 Å². The molecule has 0 spiro atoms. The average Bonchev–Trinajstić information content (AvgIpc) is 2.46. The predicted molar refractivity (Wildman–Crippen MR) is 76.5 cm³/mol. The van der Waals surface area contributed by atoms with Crippen LogP contribution >= 0.6 is 0 Å². The highest BCUT2D eigenvalue weighted by Crippen LogP contribution is 2.36. The van der Waals surface area contributed by atoms with Gasteiger partial charge in [-0.2, -0.15) is 13.2 Å². The monoisotopic (exact) mass is 305 g/mol. The lowest BCUT2D eigenvalue weighted by Gasteiger charge is -2.13. The maximum absolute atomic E-state index is 13.0. The molecule has 0 amide bonds. The molecule has 0 unspecified atom stereocenters. The van der Waals surface area contributed by atoms with E-state index in [9.17, 15) is 13.2 Å². The van der Waals surface area contributed by atoms with Gasteiger partial charge in [-0.15, -0.1) is 0 Å². The summed E-state index contributed by atoms with van der Waals surface area (Å²) in [5.74, 6) is 0.752. The van der Waals surface area contributed by atoms with Crippen molar-refractivity contribution < 1.29 is 13.2 Å². The summed E-state index contributed by atoms with van der Waals surface area (Å²) in [5, 5.41) is 3.23. The number of nitrogens with one attached hydrogen (secondary N) is 1. The number of anilines is 3. The van der Waals surface area contributed by atoms with E-state index in [4.69, 9.17) is 5.73 Å². The van der Waals surface area contributed by atoms with Gasteiger partial charge in [0.2, 0.25) is 0 Å². The number of alkyl halides is 3. The van der Waals surface area contributed by atoms with Crippen LogP contribution in [0.3, 0.4) is 0 Å². The highest BCUT2D eigenvalue weighted by molar-refractivity contribution is 5.95. The maximum Gasteiger partial charge on any atom is 0.417 e. The number of nitrogens with two attached hydrogens (primary N) is 1. The van der Waals surface area contributed by atoms with E-state index >= 15 is 0 Å². The number of fused-ring (bicyclic) bond motifs is 1. The van der Waals surface area contributed by atoms with Crippen molar-refractivity contribution in [1.82, 2.24) is 15.0 Å². The van der Waals surface area contributed by atoms with Gasteiger partial charge in [0.25, 0.3) is 0 Å². The molecular weight excluding hydrogens is 295 g/mol. The Balaban J connectivity index is 2.12. The fourth-order valence-corrected chi connectivity index (χ4v) is 2.12. The summed E-state index contributed by atoms with van der Waals surface area (Å²) in [6.07, 6.45) is -0.358. The Labute approximate surface area is 123 Å². The van der Waals surface area contributed by atoms with Gasteiger partial charge < -0.3 is 11.1 Å². The van der Waals surface area contributed by atoms with Crippen LogP contribution in [0.4, 0.5) is 30.6 Å². The first-order valence-corrected chi connectivity index (χ1v) is 6.24. The van der Waals surface area contributed by atoms with Crippen LogP contribution in [-0.2, 0) is 6.18 Å². The van der Waals surface area contributed by atoms with Crippen molar-refractivity contribution in [2.24, 2.45) is 0 Å². The number of nitrogen functional groups attached to an aromatic ring is 1. The molecule has 1 aromatic carbocycles. The summed E-state index contributed by atoms with van der Waals surface area (Å²) < 4.78 is 39.1. The van der Waals surface area contributed by atoms with Crippen LogP contribution in [-0.4, -0.2) is 15.0 Å². The minimum Gasteiger partial charge on any atom is -0.382 e. The second kappa shape index (κ2) is 5.14. The van der Waals surface area contributed by atoms with Crippen LogP contribution in [0.1, 0.15) is 5.56 Å². The Kier molecular flexibility index (Phi) is 3.28. The molecule has 0 aliphatic carbocycles. The van der Waals surface area contributed by atoms with Crippen molar-refractivity contribution in [1.29, 1.82) is 0 Å². The molecule has 112 valence electrons. The van der Waals surface area contributed by atoms with Crippen LogP contribution in [0.2, 0.25) is 0 Å². The minimum atomic E-state index is -4.44. The lowest BCUT2D eigenvalue weighted by atomic mass is 10.1. The second-order valence-corrected chi connectivity index (χ2v) is 4.51. The van der Waals surface area contributed by atoms with E-state index in [0.29, 0.717) is 11.2 Å². The minimum absolute atomic E-state index is 0.0596. The third-order valence-corrected chi connectivity index (χ3v) is 3.01. The number of halogens is 3. The van der Waals surface area contributed by atoms with Gasteiger partial charge in [0.1, 0.15) is 11.6 Å². The van der Waals surface area contributed by atoms with Crippen molar-refractivity contribution in [3.63, 3.8) is 0 Å². The second-order valence-electron chi connectivity index (χ2n) is 4.51. The predicted octanol–water partition coefficient (Wildman–Crippen LogP) is 3.37. The van der Waals surface area contributed by atoms with Gasteiger partial charge in [-0.25, -0.2) is 9.97 Å². The quantitative estimate of drug-likeness (QED) is 0.759. The number of nitrogens with zero attached hydrogens (tertiary/aromatic N) is 3. The lowest BCUT2D eigenvalue weighted by Crippen LogP contribution is -2.06. The topological polar surface area (TPSA) is 76.7 Å². The first-order chi connectivity index (χ1) is 10.4. The van der Waals surface area contributed by atoms with Crippen LogP contribution < -0.4 is 11.1 Å². The van der Waals surface area contributed by atoms with Gasteiger partial charge in [0.15, 0.2) is 5.82 Å². The van der Waals surface area contributed by atoms with Gasteiger partial charge in [0, 0.05) is 11.6 Å². The highest BCUT2D eigenvalue weighted by atomic mass is 19.4. The first kappa shape index (κ1) is 14.1. The zero-order valence-corrected chi connectivity index (χ0v) is 11.1. The van der Waals surface area contributed by atoms with E-state index in [-0.39, 0.29) is 17.0 Å². The zero-order valence-electron chi connectivity index (χ0n) is 11.1. The molecule has 0 aliphatic rings. The Bertz CT molecular complexity index is 832. The Morgan fingerprint density at radius 1 is 1.05 bits per heavy atom. The first-order valence-electron chi connectivity index (χ1n) is 6.24. The standard InChI is InChI=1S/C14H10F3N5/c15-14(16,17)10-3-1-2-9-8(10)4-5-20-13(9)22-12-7-19-6-11(18)21-12/h1-7H,(H3,18,20,21,22). The van der Waals surface area contributed by atoms with Gasteiger partial charge in [-0.3, -0.25) is 4.98 Å². The van der Waals surface area contributed by atoms with Crippen molar-refractivity contribution in [2.75, 3.05) is 11.1 Å². The largest absolute Gasteiger partial charge is 0.417 e. The Morgan fingerprint density at radius 2 is 1.86 bits per heavy atom. The summed E-state index contributed by atoms with van der Waals surface area (Å²) in [4.78, 5) is 11.9. The molecule has 0 saturated carbocycles. The normalized spacial score (nSPS) is 11.6. The van der Waals surface area contributed by atoms with Crippen LogP contribution in [0.15, 0.2) is 42.9 Å². The molecule has 0 radical (unpaired) electrons. The summed E-state index contributed by atoms with van der Waals surface area (Å²) in [6.45, 7) is 0. The van der Waals surface area contributed by atoms with E-state index in [2.05, 4.69) is 20.3 Å². The summed E-state index contributed by atoms with van der Waals surface area (Å²) in [7, 11) is 0. The van der Waals surface area contributed by atoms with Crippen molar-refractivity contribution >= 4 is 28.2 Å². The summed E-state index contributed by atoms with van der Waals surface area (Å²) in [5.41, 5.74) is 4.81. The molecule has 2 heterocycles. The molecule has 8 heteroatoms. The maximum atomic E-state index is 13.0. The molecule has 2 aromatic heterocycles. The fourth-order valence-electron chi connectivity index (χ4n) is 2.12. The number of benzene rings is 1. The Hall–Kier alpha value is -2.90. The van der Waals surface area contributed by atoms with E-state index in [1.54, 1.807) is 6.07 Å². The molecule has 22 heavy (non-hydrogen) atoms. The van der Waals surface area contributed by atoms with E-state index in [1.807, 2.05) is 0 Å². The van der Waals surface area contributed by atoms with Crippen LogP contribution in [0.5, 0.6) is 0 Å². The number of rotatable bonds is 2. The molecule has 0 aliphatic heterocycles. The molecule has 0 bridgehead atoms. The number of hydrogen-bond donors (Lipinski definition) is 2. The smallest absolute Gasteiger partial charge is 0.382 e. The molecular formula is C14H10F3N5. The molecule has 3 N–H and O–H groups in total. The number of aromatic nitrogens is 3. The number of pyridine rings is 1. The summed E-state index contributed by atoms with van der Waals surface area (Å²) >= 11 is 0. The average molecular weight is 305 g/mol. The van der Waals surface area contributed by atoms with Crippen molar-refractivity contribution in [2.45, 2.75) is 6.18 Å². The fraction of sp³-hybridized carbons (Fsp3) is 0.0714. The molecule has 5 nitrogen and oxygen atoms in total. The van der Waals surface area contributed by atoms with E-state index in [0.717, 1.165) is 6.07 Å². The third kappa shape index (κ3) is 2.62. The molecule has 0 saturated heterocycles. The van der Waals surface area contributed by atoms with Crippen molar-refractivity contribution in [3.05, 3.63) is 48.4 Å². The van der Waals surface area contributed by atoms with Crippen LogP contribution in [0.25, 0.3) is 10.8 Å². The SMILES string of the molecule is Nc1cncc(Nc2nccc3c(C(F)(F)F)cccc23)n1. The van der Waals surface area contributed by atoms with E-state index < -0.39 is 11.7 Å². The molecule has 3 aromatic rings. The lowest BCUT2D eigenvalue weighted by molar-refractivity contribution is -0.136.